The van der Waals surface area contributed by atoms with E-state index in [2.05, 4.69) is 10.3 Å². The van der Waals surface area contributed by atoms with Crippen LogP contribution in [0.25, 0.3) is 11.0 Å². The number of aliphatic hydroxyl groups is 1. The van der Waals surface area contributed by atoms with E-state index in [-0.39, 0.29) is 53.6 Å². The van der Waals surface area contributed by atoms with Gasteiger partial charge in [-0.15, -0.1) is 0 Å². The van der Waals surface area contributed by atoms with Gasteiger partial charge >= 0.3 is 0 Å². The summed E-state index contributed by atoms with van der Waals surface area (Å²) in [4.78, 5) is 14.4. The molecule has 1 aromatic carbocycles. The summed E-state index contributed by atoms with van der Waals surface area (Å²) in [5.74, 6) is -1.45. The van der Waals surface area contributed by atoms with Crippen LogP contribution >= 0.6 is 0 Å². The van der Waals surface area contributed by atoms with Crippen molar-refractivity contribution in [1.82, 2.24) is 14.9 Å². The molecule has 1 aromatic heterocycles. The fourth-order valence-electron chi connectivity index (χ4n) is 3.64. The first kappa shape index (κ1) is 24.2. The number of carbonyl (C=O) groups excluding carboxylic acids is 1. The summed E-state index contributed by atoms with van der Waals surface area (Å²) in [5.41, 5.74) is 0.0362. The summed E-state index contributed by atoms with van der Waals surface area (Å²) in [6.45, 7) is 3.94. The molecular weight excluding hydrogens is 424 g/mol. The highest BCUT2D eigenvalue weighted by atomic mass is 19.1. The van der Waals surface area contributed by atoms with Crippen LogP contribution in [0.5, 0.6) is 11.8 Å². The van der Waals surface area contributed by atoms with Crippen molar-refractivity contribution in [2.24, 2.45) is 7.05 Å². The van der Waals surface area contributed by atoms with Crippen LogP contribution in [0.1, 0.15) is 46.0 Å². The van der Waals surface area contributed by atoms with E-state index in [1.165, 1.54) is 17.9 Å². The van der Waals surface area contributed by atoms with Crippen molar-refractivity contribution in [1.29, 1.82) is 0 Å². The molecule has 2 aromatic rings. The minimum atomic E-state index is -0.619. The maximum atomic E-state index is 14.8. The smallest absolute Gasteiger partial charge is 0.297 e. The Bertz CT molecular complexity index is 926. The van der Waals surface area contributed by atoms with Crippen molar-refractivity contribution in [3.63, 3.8) is 0 Å². The topological polar surface area (TPSA) is 94.8 Å². The zero-order valence-corrected chi connectivity index (χ0v) is 18.7. The molecule has 1 unspecified atom stereocenters. The number of aliphatic hydroxyl groups excluding tert-OH is 1. The van der Waals surface area contributed by atoms with Gasteiger partial charge in [0.1, 0.15) is 23.2 Å². The summed E-state index contributed by atoms with van der Waals surface area (Å²) in [7, 11) is 1.63. The predicted octanol–water partition coefficient (Wildman–Crippen LogP) is 2.84. The monoisotopic (exact) mass is 455 g/mol. The van der Waals surface area contributed by atoms with Crippen LogP contribution in [0.3, 0.4) is 0 Å². The number of nitrogens with one attached hydrogen (secondary N) is 1. The fraction of sp³-hybridized carbons (Fsp3) is 0.636. The molecular formula is C22H31F2N3O5. The molecule has 8 nitrogen and oxygen atoms in total. The number of benzene rings is 1. The van der Waals surface area contributed by atoms with Gasteiger partial charge in [0.15, 0.2) is 17.4 Å². The lowest BCUT2D eigenvalue weighted by atomic mass is 9.98. The number of fused-ring (bicyclic) bond motifs is 1. The molecule has 178 valence electrons. The normalized spacial score (nSPS) is 17.8. The zero-order chi connectivity index (χ0) is 23.3. The Balaban J connectivity index is 0.000000312. The van der Waals surface area contributed by atoms with Crippen LogP contribution < -0.4 is 14.8 Å². The molecule has 2 N–H and O–H groups in total. The van der Waals surface area contributed by atoms with Gasteiger partial charge in [-0.1, -0.05) is 6.42 Å². The summed E-state index contributed by atoms with van der Waals surface area (Å²) in [5, 5.41) is 10.9. The number of amides is 1. The summed E-state index contributed by atoms with van der Waals surface area (Å²) >= 11 is 0. The molecule has 0 spiro atoms. The van der Waals surface area contributed by atoms with E-state index in [4.69, 9.17) is 19.3 Å². The molecule has 1 aliphatic heterocycles. The lowest BCUT2D eigenvalue weighted by Gasteiger charge is -2.26. The van der Waals surface area contributed by atoms with Gasteiger partial charge in [0.25, 0.3) is 6.01 Å². The van der Waals surface area contributed by atoms with Crippen LogP contribution in [-0.2, 0) is 16.6 Å². The summed E-state index contributed by atoms with van der Waals surface area (Å²) < 4.78 is 47.0. The molecule has 2 fully saturated rings. The van der Waals surface area contributed by atoms with Crippen molar-refractivity contribution >= 4 is 16.9 Å². The van der Waals surface area contributed by atoms with Crippen molar-refractivity contribution in [3.05, 3.63) is 17.7 Å². The largest absolute Gasteiger partial charge is 0.482 e. The molecule has 32 heavy (non-hydrogen) atoms. The minimum absolute atomic E-state index is 0.000417. The minimum Gasteiger partial charge on any atom is -0.482 e. The number of hydrogen-bond donors (Lipinski definition) is 2. The van der Waals surface area contributed by atoms with Crippen molar-refractivity contribution in [2.45, 2.75) is 64.2 Å². The van der Waals surface area contributed by atoms with Crippen LogP contribution in [0.4, 0.5) is 8.78 Å². The van der Waals surface area contributed by atoms with Gasteiger partial charge in [0.2, 0.25) is 5.91 Å². The highest BCUT2D eigenvalue weighted by Gasteiger charge is 2.27. The second kappa shape index (κ2) is 10.9. The summed E-state index contributed by atoms with van der Waals surface area (Å²) in [6, 6.07) is 1.18. The Labute approximate surface area is 185 Å². The van der Waals surface area contributed by atoms with Crippen LogP contribution in [0.2, 0.25) is 0 Å². The number of carbonyl (C=O) groups is 1. The van der Waals surface area contributed by atoms with Gasteiger partial charge in [-0.2, -0.15) is 4.98 Å². The van der Waals surface area contributed by atoms with Crippen LogP contribution in [-0.4, -0.2) is 58.6 Å². The van der Waals surface area contributed by atoms with Crippen molar-refractivity contribution in [2.75, 3.05) is 19.8 Å². The van der Waals surface area contributed by atoms with E-state index >= 15 is 0 Å². The average molecular weight is 456 g/mol. The Kier molecular flexibility index (Phi) is 8.25. The van der Waals surface area contributed by atoms with E-state index < -0.39 is 11.6 Å². The van der Waals surface area contributed by atoms with E-state index in [0.717, 1.165) is 31.7 Å². The molecule has 0 radical (unpaired) electrons. The molecule has 10 heteroatoms. The molecule has 1 amide bonds. The molecule has 1 saturated carbocycles. The third-order valence-corrected chi connectivity index (χ3v) is 5.41. The first-order valence-electron chi connectivity index (χ1n) is 10.9. The number of hydrogen-bond acceptors (Lipinski definition) is 6. The van der Waals surface area contributed by atoms with Gasteiger partial charge in [-0.3, -0.25) is 9.36 Å². The summed E-state index contributed by atoms with van der Waals surface area (Å²) in [6.07, 6.45) is 5.15. The molecule has 4 rings (SSSR count). The van der Waals surface area contributed by atoms with E-state index in [1.807, 2.05) is 0 Å². The van der Waals surface area contributed by atoms with Gasteiger partial charge < -0.3 is 24.6 Å². The van der Waals surface area contributed by atoms with Gasteiger partial charge in [0.05, 0.1) is 19.8 Å². The Morgan fingerprint density at radius 1 is 1.28 bits per heavy atom. The highest BCUT2D eigenvalue weighted by molar-refractivity contribution is 5.80. The number of nitrogens with zero attached hydrogens (tertiary/aromatic N) is 2. The highest BCUT2D eigenvalue weighted by Crippen LogP contribution is 2.33. The maximum Gasteiger partial charge on any atom is 0.297 e. The number of rotatable bonds is 6. The van der Waals surface area contributed by atoms with E-state index in [0.29, 0.717) is 13.2 Å². The predicted molar refractivity (Wildman–Crippen MR) is 114 cm³/mol. The molecule has 1 atom stereocenters. The van der Waals surface area contributed by atoms with Gasteiger partial charge in [0, 0.05) is 26.1 Å². The number of aryl methyl sites for hydroxylation is 1. The third-order valence-electron chi connectivity index (χ3n) is 5.41. The fourth-order valence-corrected chi connectivity index (χ4v) is 3.64. The van der Waals surface area contributed by atoms with Crippen molar-refractivity contribution < 1.29 is 32.9 Å². The van der Waals surface area contributed by atoms with Crippen LogP contribution in [0, 0.1) is 11.6 Å². The number of halogens is 2. The second-order valence-electron chi connectivity index (χ2n) is 8.26. The lowest BCUT2D eigenvalue weighted by Crippen LogP contribution is -2.38. The molecule has 2 heterocycles. The van der Waals surface area contributed by atoms with E-state index in [9.17, 15) is 13.6 Å². The van der Waals surface area contributed by atoms with Gasteiger partial charge in [-0.25, -0.2) is 8.78 Å². The molecule has 1 saturated heterocycles. The molecule has 2 aliphatic rings. The average Bonchev–Trinajstić information content (AvgIpc) is 3.06. The first-order valence-corrected chi connectivity index (χ1v) is 10.9. The number of ether oxygens (including phenoxy) is 3. The Hall–Kier alpha value is -2.46. The molecule has 0 bridgehead atoms. The number of aromatic nitrogens is 2. The van der Waals surface area contributed by atoms with E-state index in [1.54, 1.807) is 14.0 Å². The first-order chi connectivity index (χ1) is 15.3. The van der Waals surface area contributed by atoms with Crippen LogP contribution in [0.15, 0.2) is 6.07 Å². The SMILES string of the molecule is CC(=O)NC(C)CO.Cn1c(OC2CCCCC2)nc2c(F)cc(OC3COC3)c(F)c21. The standard InChI is InChI=1S/C17H20F2N2O3.C5H11NO2/c1-21-16-14(19)13(23-11-8-22-9-11)7-12(18)15(16)20-17(21)24-10-5-3-2-4-6-10;1-4(3-7)6-5(2)8/h7,10-11H,2-6,8-9H2,1H3;4,7H,3H2,1-2H3,(H,6,8). The number of imidazole rings is 1. The lowest BCUT2D eigenvalue weighted by molar-refractivity contribution is -0.119. The van der Waals surface area contributed by atoms with Crippen molar-refractivity contribution in [3.8, 4) is 11.8 Å². The van der Waals surface area contributed by atoms with Gasteiger partial charge in [-0.05, 0) is 32.6 Å². The Morgan fingerprint density at radius 2 is 1.97 bits per heavy atom. The zero-order valence-electron chi connectivity index (χ0n) is 18.7. The second-order valence-corrected chi connectivity index (χ2v) is 8.26. The quantitative estimate of drug-likeness (QED) is 0.696. The molecule has 1 aliphatic carbocycles. The Morgan fingerprint density at radius 3 is 2.50 bits per heavy atom. The third kappa shape index (κ3) is 5.86. The maximum absolute atomic E-state index is 14.8.